The molecule has 0 rings (SSSR count). The van der Waals surface area contributed by atoms with E-state index in [9.17, 15) is 9.59 Å². The number of nitrogens with zero attached hydrogens (tertiary/aromatic N) is 1. The van der Waals surface area contributed by atoms with Crippen LogP contribution in [0.25, 0.3) is 0 Å². The fourth-order valence-corrected chi connectivity index (χ4v) is 1.85. The summed E-state index contributed by atoms with van der Waals surface area (Å²) in [6.45, 7) is 13.4. The summed E-state index contributed by atoms with van der Waals surface area (Å²) in [5.74, 6) is 0.160. The van der Waals surface area contributed by atoms with E-state index in [1.807, 2.05) is 13.8 Å². The lowest BCUT2D eigenvalue weighted by Crippen LogP contribution is -2.45. The van der Waals surface area contributed by atoms with Crippen molar-refractivity contribution in [3.8, 4) is 0 Å². The molecule has 2 amide bonds. The van der Waals surface area contributed by atoms with Gasteiger partial charge in [0.2, 0.25) is 5.91 Å². The predicted octanol–water partition coefficient (Wildman–Crippen LogP) is 2.96. The summed E-state index contributed by atoms with van der Waals surface area (Å²) in [5, 5.41) is 2.49. The highest BCUT2D eigenvalue weighted by molar-refractivity contribution is 5.82. The molecule has 0 aliphatic heterocycles. The zero-order valence-electron chi connectivity index (χ0n) is 14.6. The Morgan fingerprint density at radius 1 is 1.24 bits per heavy atom. The van der Waals surface area contributed by atoms with Crippen molar-refractivity contribution < 1.29 is 14.3 Å². The van der Waals surface area contributed by atoms with Crippen molar-refractivity contribution in [1.82, 2.24) is 10.2 Å². The van der Waals surface area contributed by atoms with E-state index in [0.717, 1.165) is 5.57 Å². The maximum Gasteiger partial charge on any atom is 0.408 e. The number of nitrogens with one attached hydrogen (secondary N) is 1. The molecular weight excluding hydrogens is 268 g/mol. The van der Waals surface area contributed by atoms with Crippen molar-refractivity contribution in [1.29, 1.82) is 0 Å². The van der Waals surface area contributed by atoms with Gasteiger partial charge >= 0.3 is 6.09 Å². The van der Waals surface area contributed by atoms with Gasteiger partial charge in [0.25, 0.3) is 0 Å². The van der Waals surface area contributed by atoms with Crippen LogP contribution in [0.15, 0.2) is 11.6 Å². The van der Waals surface area contributed by atoms with Gasteiger partial charge in [0.1, 0.15) is 12.1 Å². The summed E-state index contributed by atoms with van der Waals surface area (Å²) in [6.07, 6.45) is 1.49. The first-order valence-corrected chi connectivity index (χ1v) is 7.31. The molecule has 1 unspecified atom stereocenters. The van der Waals surface area contributed by atoms with Crippen LogP contribution in [0, 0.1) is 5.92 Å². The summed E-state index contributed by atoms with van der Waals surface area (Å²) in [6, 6.07) is 0.0166. The van der Waals surface area contributed by atoms with Gasteiger partial charge < -0.3 is 15.0 Å². The van der Waals surface area contributed by atoms with E-state index in [1.165, 1.54) is 0 Å². The summed E-state index contributed by atoms with van der Waals surface area (Å²) in [7, 11) is 1.75. The molecule has 0 radical (unpaired) electrons. The molecule has 5 heteroatoms. The highest BCUT2D eigenvalue weighted by Gasteiger charge is 2.22. The molecule has 0 spiro atoms. The average Bonchev–Trinajstić information content (AvgIpc) is 2.29. The van der Waals surface area contributed by atoms with E-state index < -0.39 is 11.7 Å². The molecule has 0 saturated heterocycles. The van der Waals surface area contributed by atoms with Crippen LogP contribution in [0.4, 0.5) is 4.79 Å². The highest BCUT2D eigenvalue weighted by atomic mass is 16.6. The van der Waals surface area contributed by atoms with E-state index in [2.05, 4.69) is 25.2 Å². The van der Waals surface area contributed by atoms with E-state index in [4.69, 9.17) is 4.74 Å². The maximum atomic E-state index is 12.2. The van der Waals surface area contributed by atoms with Crippen molar-refractivity contribution in [3.05, 3.63) is 11.6 Å². The monoisotopic (exact) mass is 298 g/mol. The molecule has 0 aromatic carbocycles. The second kappa shape index (κ2) is 8.05. The number of likely N-dealkylation sites (N-methyl/N-ethyl adjacent to an activating group) is 1. The summed E-state index contributed by atoms with van der Waals surface area (Å²) in [4.78, 5) is 25.4. The van der Waals surface area contributed by atoms with Gasteiger partial charge in [-0.1, -0.05) is 25.5 Å². The smallest absolute Gasteiger partial charge is 0.408 e. The Hall–Kier alpha value is -1.52. The number of amides is 2. The van der Waals surface area contributed by atoms with Gasteiger partial charge in [-0.15, -0.1) is 0 Å². The third-order valence-electron chi connectivity index (χ3n) is 2.81. The Morgan fingerprint density at radius 2 is 1.76 bits per heavy atom. The normalized spacial score (nSPS) is 12.6. The van der Waals surface area contributed by atoms with E-state index in [-0.39, 0.29) is 18.5 Å². The van der Waals surface area contributed by atoms with Gasteiger partial charge in [-0.05, 0) is 40.5 Å². The molecule has 122 valence electrons. The third kappa shape index (κ3) is 8.38. The number of allylic oxidation sites excluding steroid dienone is 1. The molecule has 0 saturated carbocycles. The number of carbonyl (C=O) groups is 2. The van der Waals surface area contributed by atoms with Gasteiger partial charge in [-0.2, -0.15) is 0 Å². The third-order valence-corrected chi connectivity index (χ3v) is 2.81. The van der Waals surface area contributed by atoms with Crippen LogP contribution in [-0.4, -0.2) is 42.1 Å². The van der Waals surface area contributed by atoms with Gasteiger partial charge in [0.05, 0.1) is 6.04 Å². The second-order valence-corrected chi connectivity index (χ2v) is 6.84. The number of ether oxygens (including phenoxy) is 1. The largest absolute Gasteiger partial charge is 0.444 e. The lowest BCUT2D eigenvalue weighted by molar-refractivity contribution is -0.130. The van der Waals surface area contributed by atoms with Crippen molar-refractivity contribution in [2.75, 3.05) is 13.6 Å². The van der Waals surface area contributed by atoms with Crippen molar-refractivity contribution in [2.24, 2.45) is 5.92 Å². The first-order valence-electron chi connectivity index (χ1n) is 7.31. The fraction of sp³-hybridized carbons (Fsp3) is 0.750. The zero-order chi connectivity index (χ0) is 16.8. The quantitative estimate of drug-likeness (QED) is 0.794. The van der Waals surface area contributed by atoms with Gasteiger partial charge in [0, 0.05) is 7.05 Å². The van der Waals surface area contributed by atoms with E-state index in [1.54, 1.807) is 32.7 Å². The lowest BCUT2D eigenvalue weighted by atomic mass is 10.0. The van der Waals surface area contributed by atoms with Crippen LogP contribution < -0.4 is 5.32 Å². The topological polar surface area (TPSA) is 58.6 Å². The lowest BCUT2D eigenvalue weighted by Gasteiger charge is -2.29. The SMILES string of the molecule is CC(C)=CC(C(C)C)N(C)C(=O)CNC(=O)OC(C)(C)C. The van der Waals surface area contributed by atoms with Crippen LogP contribution >= 0.6 is 0 Å². The Kier molecular flexibility index (Phi) is 7.47. The standard InChI is InChI=1S/C16H30N2O3/c1-11(2)9-13(12(3)4)18(8)14(19)10-17-15(20)21-16(5,6)7/h9,12-13H,10H2,1-8H3,(H,17,20). The molecule has 0 aliphatic rings. The molecule has 0 bridgehead atoms. The first kappa shape index (κ1) is 19.5. The van der Waals surface area contributed by atoms with Crippen LogP contribution in [-0.2, 0) is 9.53 Å². The van der Waals surface area contributed by atoms with Crippen molar-refractivity contribution in [2.45, 2.75) is 60.1 Å². The molecule has 0 aromatic rings. The van der Waals surface area contributed by atoms with Crippen LogP contribution in [0.1, 0.15) is 48.5 Å². The summed E-state index contributed by atoms with van der Waals surface area (Å²) in [5.41, 5.74) is 0.593. The highest BCUT2D eigenvalue weighted by Crippen LogP contribution is 2.13. The molecule has 1 atom stereocenters. The predicted molar refractivity (Wildman–Crippen MR) is 85.1 cm³/mol. The Balaban J connectivity index is 4.57. The fourth-order valence-electron chi connectivity index (χ4n) is 1.85. The average molecular weight is 298 g/mol. The van der Waals surface area contributed by atoms with E-state index in [0.29, 0.717) is 5.92 Å². The number of alkyl carbamates (subject to hydrolysis) is 1. The van der Waals surface area contributed by atoms with Crippen molar-refractivity contribution in [3.63, 3.8) is 0 Å². The van der Waals surface area contributed by atoms with Gasteiger partial charge in [-0.25, -0.2) is 4.79 Å². The number of hydrogen-bond donors (Lipinski definition) is 1. The van der Waals surface area contributed by atoms with Crippen LogP contribution in [0.3, 0.4) is 0 Å². The summed E-state index contributed by atoms with van der Waals surface area (Å²) < 4.78 is 5.11. The molecule has 5 nitrogen and oxygen atoms in total. The second-order valence-electron chi connectivity index (χ2n) is 6.84. The first-order chi connectivity index (χ1) is 9.44. The minimum Gasteiger partial charge on any atom is -0.444 e. The van der Waals surface area contributed by atoms with E-state index >= 15 is 0 Å². The summed E-state index contributed by atoms with van der Waals surface area (Å²) >= 11 is 0. The molecule has 1 N–H and O–H groups in total. The number of hydrogen-bond acceptors (Lipinski definition) is 3. The Bertz CT molecular complexity index is 391. The van der Waals surface area contributed by atoms with Crippen LogP contribution in [0.5, 0.6) is 0 Å². The van der Waals surface area contributed by atoms with Crippen molar-refractivity contribution >= 4 is 12.0 Å². The molecule has 0 aliphatic carbocycles. The number of rotatable bonds is 5. The molecule has 0 heterocycles. The molecule has 0 fully saturated rings. The maximum absolute atomic E-state index is 12.2. The molecular formula is C16H30N2O3. The Morgan fingerprint density at radius 3 is 2.14 bits per heavy atom. The van der Waals surface area contributed by atoms with Gasteiger partial charge in [-0.3, -0.25) is 4.79 Å². The molecule has 21 heavy (non-hydrogen) atoms. The zero-order valence-corrected chi connectivity index (χ0v) is 14.6. The molecule has 0 aromatic heterocycles. The minimum atomic E-state index is -0.576. The van der Waals surface area contributed by atoms with Gasteiger partial charge in [0.15, 0.2) is 0 Å². The minimum absolute atomic E-state index is 0.0166. The Labute approximate surface area is 128 Å². The number of carbonyl (C=O) groups excluding carboxylic acids is 2. The van der Waals surface area contributed by atoms with Crippen LogP contribution in [0.2, 0.25) is 0 Å².